The maximum atomic E-state index is 13.5. The third-order valence-corrected chi connectivity index (χ3v) is 7.07. The van der Waals surface area contributed by atoms with E-state index in [4.69, 9.17) is 21.4 Å². The predicted octanol–water partition coefficient (Wildman–Crippen LogP) is 3.82. The van der Waals surface area contributed by atoms with Gasteiger partial charge in [-0.2, -0.15) is 5.10 Å². The molecule has 4 rings (SSSR count). The van der Waals surface area contributed by atoms with E-state index in [2.05, 4.69) is 36.9 Å². The number of halogens is 1. The third-order valence-electron chi connectivity index (χ3n) is 6.82. The number of rotatable bonds is 7. The number of amides is 2. The van der Waals surface area contributed by atoms with Crippen LogP contribution in [0.2, 0.25) is 5.02 Å². The van der Waals surface area contributed by atoms with Crippen LogP contribution in [0.4, 0.5) is 0 Å². The van der Waals surface area contributed by atoms with Crippen LogP contribution in [0.25, 0.3) is 0 Å². The molecule has 2 aliphatic rings. The monoisotopic (exact) mass is 496 g/mol. The van der Waals surface area contributed by atoms with Crippen molar-refractivity contribution in [1.82, 2.24) is 14.8 Å². The van der Waals surface area contributed by atoms with E-state index in [-0.39, 0.29) is 24.4 Å². The van der Waals surface area contributed by atoms with Gasteiger partial charge in [-0.1, -0.05) is 35.9 Å². The van der Waals surface area contributed by atoms with Gasteiger partial charge in [0.2, 0.25) is 5.91 Å². The normalized spacial score (nSPS) is 18.5. The second kappa shape index (κ2) is 11.3. The van der Waals surface area contributed by atoms with E-state index in [0.717, 1.165) is 29.9 Å². The quantitative estimate of drug-likeness (QED) is 0.584. The van der Waals surface area contributed by atoms with E-state index in [0.29, 0.717) is 37.7 Å². The summed E-state index contributed by atoms with van der Waals surface area (Å²) in [6.45, 7) is 9.95. The summed E-state index contributed by atoms with van der Waals surface area (Å²) in [5.41, 5.74) is 5.24. The van der Waals surface area contributed by atoms with Gasteiger partial charge in [0.25, 0.3) is 5.91 Å². The Morgan fingerprint density at radius 1 is 1.09 bits per heavy atom. The Hall–Kier alpha value is -2.74. The molecule has 8 heteroatoms. The number of ether oxygens (including phenoxy) is 1. The second-order valence-corrected chi connectivity index (χ2v) is 9.69. The Kier molecular flexibility index (Phi) is 8.21. The molecule has 2 aromatic rings. The molecule has 0 bridgehead atoms. The lowest BCUT2D eigenvalue weighted by Gasteiger charge is -2.30. The minimum atomic E-state index is -0.246. The summed E-state index contributed by atoms with van der Waals surface area (Å²) >= 11 is 6.11. The molecule has 186 valence electrons. The van der Waals surface area contributed by atoms with Crippen LogP contribution >= 0.6 is 11.6 Å². The average Bonchev–Trinajstić information content (AvgIpc) is 3.30. The van der Waals surface area contributed by atoms with Gasteiger partial charge < -0.3 is 9.64 Å². The minimum absolute atomic E-state index is 0.00648. The third kappa shape index (κ3) is 6.28. The average molecular weight is 497 g/mol. The number of hydrogen-bond acceptors (Lipinski definition) is 5. The smallest absolute Gasteiger partial charge is 0.262 e. The molecule has 1 fully saturated rings. The molecule has 0 N–H and O–H groups in total. The fourth-order valence-electron chi connectivity index (χ4n) is 4.45. The van der Waals surface area contributed by atoms with Crippen molar-refractivity contribution in [3.63, 3.8) is 0 Å². The number of morpholine rings is 1. The van der Waals surface area contributed by atoms with Crippen molar-refractivity contribution in [2.24, 2.45) is 5.10 Å². The van der Waals surface area contributed by atoms with Gasteiger partial charge in [-0.05, 0) is 54.3 Å². The van der Waals surface area contributed by atoms with Gasteiger partial charge in [0.1, 0.15) is 6.54 Å². The molecule has 1 unspecified atom stereocenters. The van der Waals surface area contributed by atoms with E-state index in [1.165, 1.54) is 18.1 Å². The lowest BCUT2D eigenvalue weighted by Crippen LogP contribution is -2.45. The minimum Gasteiger partial charge on any atom is -0.379 e. The summed E-state index contributed by atoms with van der Waals surface area (Å²) in [6, 6.07) is 13.5. The van der Waals surface area contributed by atoms with E-state index in [9.17, 15) is 9.59 Å². The first-order valence-electron chi connectivity index (χ1n) is 12.1. The van der Waals surface area contributed by atoms with Gasteiger partial charge in [-0.25, -0.2) is 5.01 Å². The Morgan fingerprint density at radius 3 is 2.46 bits per heavy atom. The zero-order valence-electron chi connectivity index (χ0n) is 20.7. The van der Waals surface area contributed by atoms with Crippen molar-refractivity contribution in [2.45, 2.75) is 33.2 Å². The summed E-state index contributed by atoms with van der Waals surface area (Å²) in [5.74, 6) is -0.312. The van der Waals surface area contributed by atoms with Crippen LogP contribution in [0.3, 0.4) is 0 Å². The zero-order chi connectivity index (χ0) is 24.9. The number of nitrogens with zero attached hydrogens (tertiary/aromatic N) is 4. The highest BCUT2D eigenvalue weighted by Gasteiger charge is 2.34. The van der Waals surface area contributed by atoms with Gasteiger partial charge in [-0.15, -0.1) is 0 Å². The molecule has 0 aliphatic carbocycles. The number of carbonyl (C=O) groups excluding carboxylic acids is 2. The standard InChI is InChI=1S/C27H33ClN4O3/c1-19-4-5-23(16-20(19)2)25-17-26(22-6-8-24(28)9-7-22)32(29-25)27(34)18-31(21(3)33)11-10-30-12-14-35-15-13-30/h4-9,16,26H,10-15,17-18H2,1-3H3. The van der Waals surface area contributed by atoms with E-state index in [1.54, 1.807) is 9.91 Å². The van der Waals surface area contributed by atoms with Gasteiger partial charge in [0, 0.05) is 44.5 Å². The largest absolute Gasteiger partial charge is 0.379 e. The Labute approximate surface area is 212 Å². The zero-order valence-corrected chi connectivity index (χ0v) is 21.4. The molecule has 2 heterocycles. The topological polar surface area (TPSA) is 65.5 Å². The Bertz CT molecular complexity index is 1100. The number of hydrazone groups is 1. The van der Waals surface area contributed by atoms with Crippen molar-refractivity contribution in [2.75, 3.05) is 45.9 Å². The molecule has 1 atom stereocenters. The lowest BCUT2D eigenvalue weighted by molar-refractivity contribution is -0.140. The van der Waals surface area contributed by atoms with Crippen molar-refractivity contribution >= 4 is 29.1 Å². The molecule has 35 heavy (non-hydrogen) atoms. The fraction of sp³-hybridized carbons (Fsp3) is 0.444. The number of carbonyl (C=O) groups is 2. The summed E-state index contributed by atoms with van der Waals surface area (Å²) in [5, 5.41) is 6.97. The van der Waals surface area contributed by atoms with Gasteiger partial charge in [0.05, 0.1) is 25.0 Å². The maximum absolute atomic E-state index is 13.5. The lowest BCUT2D eigenvalue weighted by atomic mass is 9.96. The van der Waals surface area contributed by atoms with Gasteiger partial charge in [-0.3, -0.25) is 14.5 Å². The summed E-state index contributed by atoms with van der Waals surface area (Å²) in [7, 11) is 0. The predicted molar refractivity (Wildman–Crippen MR) is 138 cm³/mol. The van der Waals surface area contributed by atoms with Gasteiger partial charge >= 0.3 is 0 Å². The van der Waals surface area contributed by atoms with Crippen molar-refractivity contribution in [3.05, 3.63) is 69.7 Å². The number of hydrogen-bond donors (Lipinski definition) is 0. The highest BCUT2D eigenvalue weighted by molar-refractivity contribution is 6.30. The molecule has 1 saturated heterocycles. The van der Waals surface area contributed by atoms with Crippen LogP contribution < -0.4 is 0 Å². The first-order chi connectivity index (χ1) is 16.8. The van der Waals surface area contributed by atoms with Crippen LogP contribution in [0.5, 0.6) is 0 Å². The first-order valence-corrected chi connectivity index (χ1v) is 12.5. The van der Waals surface area contributed by atoms with Gasteiger partial charge in [0.15, 0.2) is 0 Å². The summed E-state index contributed by atoms with van der Waals surface area (Å²) in [6.07, 6.45) is 0.601. The Balaban J connectivity index is 1.54. The van der Waals surface area contributed by atoms with Crippen molar-refractivity contribution in [1.29, 1.82) is 0 Å². The molecule has 0 spiro atoms. The fourth-order valence-corrected chi connectivity index (χ4v) is 4.58. The van der Waals surface area contributed by atoms with Crippen LogP contribution in [-0.4, -0.2) is 78.3 Å². The van der Waals surface area contributed by atoms with E-state index >= 15 is 0 Å². The van der Waals surface area contributed by atoms with Crippen LogP contribution in [0.1, 0.15) is 41.6 Å². The number of aryl methyl sites for hydroxylation is 2. The molecule has 2 aromatic carbocycles. The van der Waals surface area contributed by atoms with E-state index in [1.807, 2.05) is 24.3 Å². The summed E-state index contributed by atoms with van der Waals surface area (Å²) < 4.78 is 5.40. The second-order valence-electron chi connectivity index (χ2n) is 9.25. The molecular formula is C27H33ClN4O3. The molecule has 0 radical (unpaired) electrons. The van der Waals surface area contributed by atoms with Crippen LogP contribution in [0.15, 0.2) is 47.6 Å². The van der Waals surface area contributed by atoms with Crippen LogP contribution in [0, 0.1) is 13.8 Å². The number of benzene rings is 2. The Morgan fingerprint density at radius 2 is 1.80 bits per heavy atom. The van der Waals surface area contributed by atoms with Crippen molar-refractivity contribution < 1.29 is 14.3 Å². The molecule has 0 saturated carbocycles. The molecule has 7 nitrogen and oxygen atoms in total. The molecular weight excluding hydrogens is 464 g/mol. The highest BCUT2D eigenvalue weighted by Crippen LogP contribution is 2.34. The van der Waals surface area contributed by atoms with Crippen molar-refractivity contribution in [3.8, 4) is 0 Å². The molecule has 0 aromatic heterocycles. The van der Waals surface area contributed by atoms with E-state index < -0.39 is 0 Å². The summed E-state index contributed by atoms with van der Waals surface area (Å²) in [4.78, 5) is 29.8. The molecule has 2 aliphatic heterocycles. The maximum Gasteiger partial charge on any atom is 0.262 e. The highest BCUT2D eigenvalue weighted by atomic mass is 35.5. The SMILES string of the molecule is CC(=O)N(CCN1CCOCC1)CC(=O)N1N=C(c2ccc(C)c(C)c2)CC1c1ccc(Cl)cc1. The first kappa shape index (κ1) is 25.4. The molecule has 2 amide bonds. The van der Waals surface area contributed by atoms with Crippen LogP contribution in [-0.2, 0) is 14.3 Å².